The van der Waals surface area contributed by atoms with Gasteiger partial charge in [0.1, 0.15) is 0 Å². The lowest BCUT2D eigenvalue weighted by molar-refractivity contribution is -0.156. The molecule has 0 N–H and O–H groups in total. The molecule has 0 spiro atoms. The maximum Gasteiger partial charge on any atom is 0.331 e. The molecule has 0 aromatic carbocycles. The highest BCUT2D eigenvalue weighted by atomic mass is 16.5. The van der Waals surface area contributed by atoms with E-state index in [4.69, 9.17) is 4.74 Å². The van der Waals surface area contributed by atoms with Gasteiger partial charge in [0.05, 0.1) is 0 Å². The van der Waals surface area contributed by atoms with Crippen molar-refractivity contribution in [1.29, 1.82) is 0 Å². The molecule has 0 aromatic rings. The van der Waals surface area contributed by atoms with Crippen molar-refractivity contribution >= 4 is 11.9 Å². The first kappa shape index (κ1) is 17.0. The summed E-state index contributed by atoms with van der Waals surface area (Å²) in [6, 6.07) is 0.305. The van der Waals surface area contributed by atoms with Crippen LogP contribution < -0.4 is 0 Å². The molecule has 0 aromatic heterocycles. The Bertz CT molecular complexity index is 416. The van der Waals surface area contributed by atoms with Gasteiger partial charge in [-0.3, -0.25) is 4.79 Å². The van der Waals surface area contributed by atoms with Gasteiger partial charge >= 0.3 is 5.97 Å². The first-order chi connectivity index (χ1) is 10.6. The van der Waals surface area contributed by atoms with Gasteiger partial charge in [0.25, 0.3) is 5.91 Å². The van der Waals surface area contributed by atoms with Crippen LogP contribution in [0.4, 0.5) is 0 Å². The maximum absolute atomic E-state index is 12.4. The van der Waals surface area contributed by atoms with Crippen molar-refractivity contribution in [2.75, 3.05) is 7.05 Å². The molecular weight excluding hydrogens is 278 g/mol. The lowest BCUT2D eigenvalue weighted by Crippen LogP contribution is -2.44. The van der Waals surface area contributed by atoms with Crippen molar-refractivity contribution in [1.82, 2.24) is 4.90 Å². The Morgan fingerprint density at radius 2 is 1.68 bits per heavy atom. The number of hydrogen-bond donors (Lipinski definition) is 0. The molecule has 0 bridgehead atoms. The Balaban J connectivity index is 1.83. The lowest BCUT2D eigenvalue weighted by Gasteiger charge is -2.32. The molecule has 124 valence electrons. The number of esters is 1. The smallest absolute Gasteiger partial charge is 0.331 e. The number of amides is 1. The predicted octanol–water partition coefficient (Wildman–Crippen LogP) is 3.60. The fraction of sp³-hybridized carbons (Fsp3) is 0.778. The van der Waals surface area contributed by atoms with Crippen molar-refractivity contribution < 1.29 is 14.3 Å². The second-order valence-corrected chi connectivity index (χ2v) is 6.68. The average molecular weight is 307 g/mol. The topological polar surface area (TPSA) is 46.6 Å². The highest BCUT2D eigenvalue weighted by Gasteiger charge is 2.27. The summed E-state index contributed by atoms with van der Waals surface area (Å²) in [5, 5.41) is 0. The molecule has 0 heterocycles. The van der Waals surface area contributed by atoms with Gasteiger partial charge < -0.3 is 9.64 Å². The fourth-order valence-electron chi connectivity index (χ4n) is 3.51. The number of rotatable bonds is 4. The Morgan fingerprint density at radius 3 is 2.32 bits per heavy atom. The Morgan fingerprint density at radius 1 is 1.09 bits per heavy atom. The number of carbonyl (C=O) groups is 2. The molecule has 4 heteroatoms. The van der Waals surface area contributed by atoms with Gasteiger partial charge in [-0.25, -0.2) is 4.79 Å². The van der Waals surface area contributed by atoms with Gasteiger partial charge in [0, 0.05) is 19.2 Å². The second-order valence-electron chi connectivity index (χ2n) is 6.68. The van der Waals surface area contributed by atoms with E-state index in [0.717, 1.165) is 44.1 Å². The first-order valence-corrected chi connectivity index (χ1v) is 8.74. The van der Waals surface area contributed by atoms with E-state index in [9.17, 15) is 9.59 Å². The molecule has 2 fully saturated rings. The molecule has 1 atom stereocenters. The third-order valence-corrected chi connectivity index (χ3v) is 4.93. The Labute approximate surface area is 133 Å². The number of allylic oxidation sites excluding steroid dienone is 1. The summed E-state index contributed by atoms with van der Waals surface area (Å²) < 4.78 is 5.32. The average Bonchev–Trinajstić information content (AvgIpc) is 2.55. The molecule has 22 heavy (non-hydrogen) atoms. The lowest BCUT2D eigenvalue weighted by atomic mass is 9.94. The quantitative estimate of drug-likeness (QED) is 0.589. The summed E-state index contributed by atoms with van der Waals surface area (Å²) in [5.74, 6) is -0.447. The van der Waals surface area contributed by atoms with Gasteiger partial charge in [-0.15, -0.1) is 0 Å². The standard InChI is InChI=1S/C18H29NO3/c1-14(18(21)19(2)16-11-7-4-8-12-16)22-17(20)13-15-9-5-3-6-10-15/h13-14,16H,3-12H2,1-2H3/t14-/m1/s1. The fourth-order valence-corrected chi connectivity index (χ4v) is 3.51. The number of hydrogen-bond acceptors (Lipinski definition) is 3. The van der Waals surface area contributed by atoms with Crippen LogP contribution in [0.2, 0.25) is 0 Å². The van der Waals surface area contributed by atoms with Crippen molar-refractivity contribution in [2.45, 2.75) is 83.3 Å². The molecule has 0 aliphatic heterocycles. The van der Waals surface area contributed by atoms with E-state index in [0.29, 0.717) is 6.04 Å². The van der Waals surface area contributed by atoms with Crippen LogP contribution in [0.3, 0.4) is 0 Å². The van der Waals surface area contributed by atoms with Crippen LogP contribution in [0.15, 0.2) is 11.6 Å². The van der Waals surface area contributed by atoms with Crippen molar-refractivity contribution in [3.05, 3.63) is 11.6 Å². The Hall–Kier alpha value is -1.32. The largest absolute Gasteiger partial charge is 0.449 e. The van der Waals surface area contributed by atoms with Crippen LogP contribution in [0, 0.1) is 0 Å². The minimum atomic E-state index is -0.695. The second kappa shape index (κ2) is 8.35. The highest BCUT2D eigenvalue weighted by molar-refractivity contribution is 5.87. The van der Waals surface area contributed by atoms with Crippen molar-refractivity contribution in [3.63, 3.8) is 0 Å². The minimum Gasteiger partial charge on any atom is -0.449 e. The zero-order valence-electron chi connectivity index (χ0n) is 14.0. The van der Waals surface area contributed by atoms with E-state index >= 15 is 0 Å². The molecule has 0 radical (unpaired) electrons. The zero-order valence-corrected chi connectivity index (χ0v) is 14.0. The van der Waals surface area contributed by atoms with E-state index in [-0.39, 0.29) is 11.9 Å². The monoisotopic (exact) mass is 307 g/mol. The molecule has 2 rings (SSSR count). The summed E-state index contributed by atoms with van der Waals surface area (Å²) in [6.07, 6.45) is 12.2. The molecule has 4 nitrogen and oxygen atoms in total. The number of likely N-dealkylation sites (N-methyl/N-ethyl adjacent to an activating group) is 1. The molecule has 2 aliphatic carbocycles. The van der Waals surface area contributed by atoms with Crippen molar-refractivity contribution in [3.8, 4) is 0 Å². The number of ether oxygens (including phenoxy) is 1. The molecule has 0 unspecified atom stereocenters. The number of carbonyl (C=O) groups excluding carboxylic acids is 2. The summed E-state index contributed by atoms with van der Waals surface area (Å²) in [5.41, 5.74) is 1.16. The molecule has 0 saturated heterocycles. The van der Waals surface area contributed by atoms with Crippen LogP contribution in [-0.4, -0.2) is 36.0 Å². The first-order valence-electron chi connectivity index (χ1n) is 8.74. The summed E-state index contributed by atoms with van der Waals surface area (Å²) >= 11 is 0. The van der Waals surface area contributed by atoms with E-state index in [1.807, 2.05) is 7.05 Å². The van der Waals surface area contributed by atoms with Crippen LogP contribution in [0.25, 0.3) is 0 Å². The van der Waals surface area contributed by atoms with Gasteiger partial charge in [-0.1, -0.05) is 31.3 Å². The maximum atomic E-state index is 12.4. The van der Waals surface area contributed by atoms with Crippen LogP contribution in [0.1, 0.15) is 71.1 Å². The highest BCUT2D eigenvalue weighted by Crippen LogP contribution is 2.24. The van der Waals surface area contributed by atoms with E-state index < -0.39 is 6.10 Å². The normalized spacial score (nSPS) is 21.1. The third-order valence-electron chi connectivity index (χ3n) is 4.93. The summed E-state index contributed by atoms with van der Waals surface area (Å²) in [7, 11) is 1.84. The summed E-state index contributed by atoms with van der Waals surface area (Å²) in [4.78, 5) is 26.1. The molecule has 2 saturated carbocycles. The van der Waals surface area contributed by atoms with Crippen molar-refractivity contribution in [2.24, 2.45) is 0 Å². The third kappa shape index (κ3) is 4.85. The van der Waals surface area contributed by atoms with E-state index in [1.165, 1.54) is 25.7 Å². The van der Waals surface area contributed by atoms with Gasteiger partial charge in [-0.2, -0.15) is 0 Å². The molecule has 1 amide bonds. The SMILES string of the molecule is C[C@@H](OC(=O)C=C1CCCCC1)C(=O)N(C)C1CCCCC1. The van der Waals surface area contributed by atoms with Gasteiger partial charge in [0.2, 0.25) is 0 Å². The number of nitrogens with zero attached hydrogens (tertiary/aromatic N) is 1. The van der Waals surface area contributed by atoms with Crippen LogP contribution in [-0.2, 0) is 14.3 Å². The predicted molar refractivity (Wildman–Crippen MR) is 86.4 cm³/mol. The zero-order chi connectivity index (χ0) is 15.9. The van der Waals surface area contributed by atoms with Gasteiger partial charge in [0.15, 0.2) is 6.10 Å². The molecule has 2 aliphatic rings. The Kier molecular flexibility index (Phi) is 6.47. The molecular formula is C18H29NO3. The van der Waals surface area contributed by atoms with Gasteiger partial charge in [-0.05, 0) is 45.4 Å². The van der Waals surface area contributed by atoms with Crippen LogP contribution in [0.5, 0.6) is 0 Å². The minimum absolute atomic E-state index is 0.0812. The van der Waals surface area contributed by atoms with Crippen LogP contribution >= 0.6 is 0 Å². The summed E-state index contributed by atoms with van der Waals surface area (Å²) in [6.45, 7) is 1.68. The van der Waals surface area contributed by atoms with E-state index in [2.05, 4.69) is 0 Å². The van der Waals surface area contributed by atoms with E-state index in [1.54, 1.807) is 17.9 Å².